The highest BCUT2D eigenvalue weighted by Gasteiger charge is 2.15. The molecule has 120 valence electrons. The summed E-state index contributed by atoms with van der Waals surface area (Å²) in [6.45, 7) is 9.22. The summed E-state index contributed by atoms with van der Waals surface area (Å²) in [6, 6.07) is 13.3. The number of aromatic nitrogens is 1. The molecule has 0 bridgehead atoms. The molecule has 1 N–H and O–H groups in total. The van der Waals surface area contributed by atoms with Gasteiger partial charge in [-0.05, 0) is 54.3 Å². The maximum Gasteiger partial charge on any atom is 0.0430 e. The van der Waals surface area contributed by atoms with E-state index in [1.165, 1.54) is 43.3 Å². The van der Waals surface area contributed by atoms with Crippen molar-refractivity contribution in [3.8, 4) is 20.9 Å². The van der Waals surface area contributed by atoms with Crippen molar-refractivity contribution in [2.24, 2.45) is 0 Å². The molecule has 4 rings (SSSR count). The van der Waals surface area contributed by atoms with Crippen molar-refractivity contribution in [1.82, 2.24) is 10.3 Å². The van der Waals surface area contributed by atoms with Crippen LogP contribution in [0.3, 0.4) is 0 Å². The third-order valence-electron chi connectivity index (χ3n) is 4.62. The van der Waals surface area contributed by atoms with E-state index in [9.17, 15) is 0 Å². The molecule has 1 aliphatic heterocycles. The van der Waals surface area contributed by atoms with Crippen LogP contribution in [0, 0.1) is 6.92 Å². The fraction of sp³-hybridized carbons (Fsp3) is 0.190. The highest BCUT2D eigenvalue weighted by molar-refractivity contribution is 7.18. The van der Waals surface area contributed by atoms with Gasteiger partial charge in [0.25, 0.3) is 0 Å². The zero-order valence-electron chi connectivity index (χ0n) is 14.0. The third-order valence-corrected chi connectivity index (χ3v) is 5.80. The van der Waals surface area contributed by atoms with Gasteiger partial charge in [0.05, 0.1) is 0 Å². The lowest BCUT2D eigenvalue weighted by molar-refractivity contribution is 0.946. The van der Waals surface area contributed by atoms with Gasteiger partial charge < -0.3 is 5.32 Å². The maximum absolute atomic E-state index is 4.60. The maximum atomic E-state index is 4.60. The molecule has 3 heteroatoms. The van der Waals surface area contributed by atoms with E-state index in [1.54, 1.807) is 0 Å². The average Bonchev–Trinajstić information content (AvgIpc) is 3.22. The molecule has 3 aromatic rings. The highest BCUT2D eigenvalue weighted by Crippen LogP contribution is 2.36. The molecule has 0 spiro atoms. The van der Waals surface area contributed by atoms with Crippen LogP contribution in [0.25, 0.3) is 26.6 Å². The van der Waals surface area contributed by atoms with Crippen molar-refractivity contribution in [3.63, 3.8) is 0 Å². The van der Waals surface area contributed by atoms with Gasteiger partial charge in [-0.1, -0.05) is 25.6 Å². The Labute approximate surface area is 146 Å². The van der Waals surface area contributed by atoms with Crippen LogP contribution >= 0.6 is 11.3 Å². The minimum Gasteiger partial charge on any atom is -0.381 e. The molecule has 0 aliphatic carbocycles. The van der Waals surface area contributed by atoms with Gasteiger partial charge in [-0.3, -0.25) is 4.98 Å². The standard InChI is InChI=1S/C21H20N2S/c1-4-19-13(2)9-17(12-23-19)21-8-7-20(24-21)15-5-6-18-14(3)22-11-16(18)10-15/h5-10,12,22H,3-4,11H2,1-2H3. The first-order valence-corrected chi connectivity index (χ1v) is 9.09. The van der Waals surface area contributed by atoms with Gasteiger partial charge in [0.2, 0.25) is 0 Å². The minimum absolute atomic E-state index is 0.877. The first kappa shape index (κ1) is 15.2. The van der Waals surface area contributed by atoms with Gasteiger partial charge >= 0.3 is 0 Å². The second kappa shape index (κ2) is 5.91. The molecular weight excluding hydrogens is 312 g/mol. The predicted octanol–water partition coefficient (Wildman–Crippen LogP) is 5.42. The summed E-state index contributed by atoms with van der Waals surface area (Å²) in [5, 5.41) is 3.31. The molecule has 1 aromatic carbocycles. The lowest BCUT2D eigenvalue weighted by atomic mass is 10.0. The summed E-state index contributed by atoms with van der Waals surface area (Å²) in [6.07, 6.45) is 2.98. The molecule has 3 heterocycles. The second-order valence-electron chi connectivity index (χ2n) is 6.21. The smallest absolute Gasteiger partial charge is 0.0430 e. The first-order chi connectivity index (χ1) is 11.7. The Bertz CT molecular complexity index is 937. The molecule has 0 saturated heterocycles. The van der Waals surface area contributed by atoms with E-state index in [0.29, 0.717) is 0 Å². The molecule has 1 aliphatic rings. The Morgan fingerprint density at radius 3 is 2.67 bits per heavy atom. The molecule has 0 fully saturated rings. The van der Waals surface area contributed by atoms with Gasteiger partial charge in [-0.2, -0.15) is 0 Å². The molecular formula is C21H20N2S. The Morgan fingerprint density at radius 2 is 1.92 bits per heavy atom. The van der Waals surface area contributed by atoms with Gasteiger partial charge in [0.15, 0.2) is 0 Å². The Kier molecular flexibility index (Phi) is 3.73. The van der Waals surface area contributed by atoms with Crippen molar-refractivity contribution >= 4 is 17.0 Å². The number of thiophene rings is 1. The first-order valence-electron chi connectivity index (χ1n) is 8.28. The quantitative estimate of drug-likeness (QED) is 0.692. The third kappa shape index (κ3) is 2.55. The van der Waals surface area contributed by atoms with E-state index in [-0.39, 0.29) is 0 Å². The number of rotatable bonds is 3. The second-order valence-corrected chi connectivity index (χ2v) is 7.29. The number of hydrogen-bond donors (Lipinski definition) is 1. The van der Waals surface area contributed by atoms with Gasteiger partial charge in [0.1, 0.15) is 0 Å². The molecule has 0 atom stereocenters. The summed E-state index contributed by atoms with van der Waals surface area (Å²) < 4.78 is 0. The fourth-order valence-electron chi connectivity index (χ4n) is 3.24. The van der Waals surface area contributed by atoms with Crippen molar-refractivity contribution < 1.29 is 0 Å². The van der Waals surface area contributed by atoms with Crippen molar-refractivity contribution in [2.45, 2.75) is 26.8 Å². The molecule has 0 radical (unpaired) electrons. The monoisotopic (exact) mass is 332 g/mol. The number of nitrogens with one attached hydrogen (secondary N) is 1. The fourth-order valence-corrected chi connectivity index (χ4v) is 4.22. The zero-order valence-corrected chi connectivity index (χ0v) is 14.8. The predicted molar refractivity (Wildman–Crippen MR) is 103 cm³/mol. The van der Waals surface area contributed by atoms with Crippen molar-refractivity contribution in [3.05, 3.63) is 71.6 Å². The van der Waals surface area contributed by atoms with Crippen LogP contribution in [0.1, 0.15) is 29.3 Å². The van der Waals surface area contributed by atoms with Crippen molar-refractivity contribution in [1.29, 1.82) is 0 Å². The van der Waals surface area contributed by atoms with Crippen LogP contribution in [0.15, 0.2) is 49.2 Å². The molecule has 0 saturated carbocycles. The Hall–Kier alpha value is -2.39. The number of hydrogen-bond acceptors (Lipinski definition) is 3. The Balaban J connectivity index is 1.68. The van der Waals surface area contributed by atoms with E-state index in [0.717, 1.165) is 18.7 Å². The number of pyridine rings is 1. The lowest BCUT2D eigenvalue weighted by Crippen LogP contribution is -1.98. The van der Waals surface area contributed by atoms with Gasteiger partial charge in [0, 0.05) is 45.0 Å². The van der Waals surface area contributed by atoms with Crippen LogP contribution in [-0.4, -0.2) is 4.98 Å². The highest BCUT2D eigenvalue weighted by atomic mass is 32.1. The molecule has 2 aromatic heterocycles. The van der Waals surface area contributed by atoms with Crippen molar-refractivity contribution in [2.75, 3.05) is 0 Å². The summed E-state index contributed by atoms with van der Waals surface area (Å²) >= 11 is 1.82. The number of nitrogens with zero attached hydrogens (tertiary/aromatic N) is 1. The van der Waals surface area contributed by atoms with Gasteiger partial charge in [-0.15, -0.1) is 11.3 Å². The number of aryl methyl sites for hydroxylation is 2. The van der Waals surface area contributed by atoms with Crippen LogP contribution in [0.4, 0.5) is 0 Å². The van der Waals surface area contributed by atoms with Crippen LogP contribution in [0.2, 0.25) is 0 Å². The number of fused-ring (bicyclic) bond motifs is 1. The van der Waals surface area contributed by atoms with E-state index >= 15 is 0 Å². The van der Waals surface area contributed by atoms with E-state index in [4.69, 9.17) is 0 Å². The summed E-state index contributed by atoms with van der Waals surface area (Å²) in [7, 11) is 0. The Morgan fingerprint density at radius 1 is 1.12 bits per heavy atom. The largest absolute Gasteiger partial charge is 0.381 e. The average molecular weight is 332 g/mol. The summed E-state index contributed by atoms with van der Waals surface area (Å²) in [5.74, 6) is 0. The van der Waals surface area contributed by atoms with Crippen LogP contribution in [0.5, 0.6) is 0 Å². The summed E-state index contributed by atoms with van der Waals surface area (Å²) in [4.78, 5) is 7.16. The van der Waals surface area contributed by atoms with E-state index < -0.39 is 0 Å². The SMILES string of the molecule is C=C1NCc2cc(-c3ccc(-c4cnc(CC)c(C)c4)s3)ccc21. The normalized spacial score (nSPS) is 13.0. The minimum atomic E-state index is 0.877. The van der Waals surface area contributed by atoms with Crippen LogP contribution in [-0.2, 0) is 13.0 Å². The molecule has 2 nitrogen and oxygen atoms in total. The number of benzene rings is 1. The molecule has 24 heavy (non-hydrogen) atoms. The van der Waals surface area contributed by atoms with E-state index in [1.807, 2.05) is 17.5 Å². The molecule has 0 unspecified atom stereocenters. The van der Waals surface area contributed by atoms with Crippen LogP contribution < -0.4 is 5.32 Å². The van der Waals surface area contributed by atoms with E-state index in [2.05, 4.69) is 67.1 Å². The molecule has 0 amide bonds. The lowest BCUT2D eigenvalue weighted by Gasteiger charge is -2.04. The topological polar surface area (TPSA) is 24.9 Å². The zero-order chi connectivity index (χ0) is 16.7. The summed E-state index contributed by atoms with van der Waals surface area (Å²) in [5.41, 5.74) is 8.53. The van der Waals surface area contributed by atoms with Gasteiger partial charge in [-0.25, -0.2) is 0 Å².